The van der Waals surface area contributed by atoms with Crippen molar-refractivity contribution in [1.82, 2.24) is 4.90 Å². The van der Waals surface area contributed by atoms with Crippen molar-refractivity contribution in [2.45, 2.75) is 19.5 Å². The summed E-state index contributed by atoms with van der Waals surface area (Å²) >= 11 is 0. The first kappa shape index (κ1) is 12.2. The zero-order valence-electron chi connectivity index (χ0n) is 9.26. The Balaban J connectivity index is 2.58. The summed E-state index contributed by atoms with van der Waals surface area (Å²) in [5.74, 6) is 0. The first-order valence-electron chi connectivity index (χ1n) is 5.36. The molecule has 1 aromatic carbocycles. The second kappa shape index (κ2) is 6.56. The highest BCUT2D eigenvalue weighted by Gasteiger charge is 2.11. The van der Waals surface area contributed by atoms with Crippen LogP contribution >= 0.6 is 0 Å². The summed E-state index contributed by atoms with van der Waals surface area (Å²) in [6, 6.07) is 10.4. The maximum atomic E-state index is 9.13. The number of rotatable bonds is 6. The van der Waals surface area contributed by atoms with Crippen LogP contribution in [0.2, 0.25) is 0 Å². The number of nitrogens with zero attached hydrogens (tertiary/aromatic N) is 1. The molecule has 0 radical (unpaired) electrons. The average Bonchev–Trinajstić information content (AvgIpc) is 2.29. The lowest BCUT2D eigenvalue weighted by molar-refractivity contribution is 0.131. The molecular weight excluding hydrogens is 188 g/mol. The van der Waals surface area contributed by atoms with Gasteiger partial charge in [-0.05, 0) is 12.5 Å². The van der Waals surface area contributed by atoms with E-state index < -0.39 is 0 Å². The van der Waals surface area contributed by atoms with Gasteiger partial charge in [0.05, 0.1) is 6.61 Å². The fourth-order valence-corrected chi connectivity index (χ4v) is 1.55. The van der Waals surface area contributed by atoms with E-state index in [0.717, 1.165) is 13.1 Å². The van der Waals surface area contributed by atoms with E-state index in [1.165, 1.54) is 5.56 Å². The van der Waals surface area contributed by atoms with E-state index in [1.54, 1.807) is 0 Å². The Bertz CT molecular complexity index is 264. The third kappa shape index (κ3) is 4.00. The van der Waals surface area contributed by atoms with Crippen LogP contribution in [-0.4, -0.2) is 35.7 Å². The second-order valence-corrected chi connectivity index (χ2v) is 3.78. The number of aliphatic hydroxyl groups excluding tert-OH is 1. The van der Waals surface area contributed by atoms with E-state index in [-0.39, 0.29) is 12.6 Å². The molecule has 3 nitrogen and oxygen atoms in total. The van der Waals surface area contributed by atoms with Gasteiger partial charge in [0.15, 0.2) is 0 Å². The highest BCUT2D eigenvalue weighted by atomic mass is 16.3. The number of hydrogen-bond acceptors (Lipinski definition) is 3. The molecule has 1 aromatic rings. The van der Waals surface area contributed by atoms with Crippen LogP contribution in [-0.2, 0) is 6.54 Å². The van der Waals surface area contributed by atoms with E-state index in [2.05, 4.69) is 17.0 Å². The smallest absolute Gasteiger partial charge is 0.0584 e. The lowest BCUT2D eigenvalue weighted by atomic mass is 10.2. The van der Waals surface area contributed by atoms with Gasteiger partial charge in [-0.15, -0.1) is 0 Å². The van der Waals surface area contributed by atoms with Crippen LogP contribution in [0.1, 0.15) is 12.5 Å². The Kier molecular flexibility index (Phi) is 5.32. The molecule has 0 aromatic heterocycles. The van der Waals surface area contributed by atoms with Gasteiger partial charge >= 0.3 is 0 Å². The fourth-order valence-electron chi connectivity index (χ4n) is 1.55. The van der Waals surface area contributed by atoms with Crippen LogP contribution < -0.4 is 5.73 Å². The van der Waals surface area contributed by atoms with Crippen LogP contribution in [0.4, 0.5) is 0 Å². The molecule has 84 valence electrons. The Morgan fingerprint density at radius 3 is 2.53 bits per heavy atom. The Labute approximate surface area is 91.5 Å². The lowest BCUT2D eigenvalue weighted by Crippen LogP contribution is -2.38. The summed E-state index contributed by atoms with van der Waals surface area (Å²) in [5.41, 5.74) is 6.81. The van der Waals surface area contributed by atoms with Gasteiger partial charge in [0, 0.05) is 25.7 Å². The quantitative estimate of drug-likeness (QED) is 0.728. The van der Waals surface area contributed by atoms with E-state index in [0.29, 0.717) is 6.54 Å². The summed E-state index contributed by atoms with van der Waals surface area (Å²) in [6.07, 6.45) is 0. The van der Waals surface area contributed by atoms with Gasteiger partial charge in [0.2, 0.25) is 0 Å². The maximum absolute atomic E-state index is 9.13. The van der Waals surface area contributed by atoms with Crippen LogP contribution in [0.15, 0.2) is 30.3 Å². The van der Waals surface area contributed by atoms with Gasteiger partial charge in [0.1, 0.15) is 0 Å². The molecule has 1 atom stereocenters. The SMILES string of the molecule is CC(CO)N(CCN)Cc1ccccc1. The van der Waals surface area contributed by atoms with Crippen molar-refractivity contribution in [3.63, 3.8) is 0 Å². The van der Waals surface area contributed by atoms with Gasteiger partial charge < -0.3 is 10.8 Å². The van der Waals surface area contributed by atoms with E-state index in [1.807, 2.05) is 25.1 Å². The molecule has 0 aliphatic heterocycles. The zero-order chi connectivity index (χ0) is 11.1. The number of benzene rings is 1. The molecule has 0 heterocycles. The molecule has 0 spiro atoms. The van der Waals surface area contributed by atoms with Crippen molar-refractivity contribution in [1.29, 1.82) is 0 Å². The van der Waals surface area contributed by atoms with Crippen molar-refractivity contribution in [2.24, 2.45) is 5.73 Å². The predicted octanol–water partition coefficient (Wildman–Crippen LogP) is 0.828. The molecule has 15 heavy (non-hydrogen) atoms. The second-order valence-electron chi connectivity index (χ2n) is 3.78. The average molecular weight is 208 g/mol. The van der Waals surface area contributed by atoms with Crippen molar-refractivity contribution >= 4 is 0 Å². The Morgan fingerprint density at radius 2 is 2.00 bits per heavy atom. The third-order valence-electron chi connectivity index (χ3n) is 2.53. The molecule has 1 rings (SSSR count). The van der Waals surface area contributed by atoms with E-state index in [4.69, 9.17) is 10.8 Å². The molecule has 0 aliphatic rings. The summed E-state index contributed by atoms with van der Waals surface area (Å²) in [6.45, 7) is 4.47. The highest BCUT2D eigenvalue weighted by molar-refractivity contribution is 5.14. The van der Waals surface area contributed by atoms with Crippen molar-refractivity contribution in [3.05, 3.63) is 35.9 Å². The Morgan fingerprint density at radius 1 is 1.33 bits per heavy atom. The van der Waals surface area contributed by atoms with Crippen LogP contribution in [0.3, 0.4) is 0 Å². The minimum Gasteiger partial charge on any atom is -0.395 e. The minimum absolute atomic E-state index is 0.161. The Hall–Kier alpha value is -0.900. The van der Waals surface area contributed by atoms with Crippen LogP contribution in [0.5, 0.6) is 0 Å². The summed E-state index contributed by atoms with van der Waals surface area (Å²) in [5, 5.41) is 9.13. The molecule has 3 N–H and O–H groups in total. The topological polar surface area (TPSA) is 49.5 Å². The molecular formula is C12H20N2O. The van der Waals surface area contributed by atoms with Crippen molar-refractivity contribution < 1.29 is 5.11 Å². The van der Waals surface area contributed by atoms with Crippen molar-refractivity contribution in [2.75, 3.05) is 19.7 Å². The summed E-state index contributed by atoms with van der Waals surface area (Å²) in [7, 11) is 0. The number of hydrogen-bond donors (Lipinski definition) is 2. The molecule has 0 saturated carbocycles. The molecule has 0 fully saturated rings. The standard InChI is InChI=1S/C12H20N2O/c1-11(10-15)14(8-7-13)9-12-5-3-2-4-6-12/h2-6,11,15H,7-10,13H2,1H3. The van der Waals surface area contributed by atoms with E-state index in [9.17, 15) is 0 Å². The normalized spacial score (nSPS) is 13.1. The monoisotopic (exact) mass is 208 g/mol. The van der Waals surface area contributed by atoms with Gasteiger partial charge in [-0.1, -0.05) is 30.3 Å². The molecule has 0 saturated heterocycles. The lowest BCUT2D eigenvalue weighted by Gasteiger charge is -2.27. The predicted molar refractivity (Wildman–Crippen MR) is 62.5 cm³/mol. The van der Waals surface area contributed by atoms with Crippen LogP contribution in [0.25, 0.3) is 0 Å². The van der Waals surface area contributed by atoms with E-state index >= 15 is 0 Å². The number of nitrogens with two attached hydrogens (primary N) is 1. The first-order chi connectivity index (χ1) is 7.27. The highest BCUT2D eigenvalue weighted by Crippen LogP contribution is 2.07. The van der Waals surface area contributed by atoms with Gasteiger partial charge in [-0.3, -0.25) is 4.90 Å². The minimum atomic E-state index is 0.161. The molecule has 3 heteroatoms. The summed E-state index contributed by atoms with van der Waals surface area (Å²) in [4.78, 5) is 2.19. The van der Waals surface area contributed by atoms with Gasteiger partial charge in [-0.25, -0.2) is 0 Å². The molecule has 0 amide bonds. The third-order valence-corrected chi connectivity index (χ3v) is 2.53. The largest absolute Gasteiger partial charge is 0.395 e. The van der Waals surface area contributed by atoms with Crippen LogP contribution in [0, 0.1) is 0 Å². The molecule has 0 aliphatic carbocycles. The van der Waals surface area contributed by atoms with Gasteiger partial charge in [0.25, 0.3) is 0 Å². The maximum Gasteiger partial charge on any atom is 0.0584 e. The fraction of sp³-hybridized carbons (Fsp3) is 0.500. The first-order valence-corrected chi connectivity index (χ1v) is 5.36. The molecule has 0 bridgehead atoms. The number of aliphatic hydroxyl groups is 1. The van der Waals surface area contributed by atoms with Crippen molar-refractivity contribution in [3.8, 4) is 0 Å². The zero-order valence-corrected chi connectivity index (χ0v) is 9.26. The van der Waals surface area contributed by atoms with Gasteiger partial charge in [-0.2, -0.15) is 0 Å². The molecule has 1 unspecified atom stereocenters. The summed E-state index contributed by atoms with van der Waals surface area (Å²) < 4.78 is 0.